The van der Waals surface area contributed by atoms with Crippen molar-refractivity contribution in [2.45, 2.75) is 0 Å². The zero-order valence-electron chi connectivity index (χ0n) is 11.1. The summed E-state index contributed by atoms with van der Waals surface area (Å²) in [6.45, 7) is 0.114. The van der Waals surface area contributed by atoms with Crippen LogP contribution in [0.2, 0.25) is 0 Å². The molecule has 2 aromatic heterocycles. The monoisotopic (exact) mass is 277 g/mol. The minimum atomic E-state index is -0.157. The Morgan fingerprint density at radius 2 is 2.25 bits per heavy atom. The standard InChI is InChI=1S/C10H15N9O/c1-12-7(20)6-18(2)9-14-8(17-11)15-10(16-9)19-5-3-4-13-19/h3-5H,6,11H2,1-2H3,(H,12,20)(H,14,15,16,17). The van der Waals surface area contributed by atoms with E-state index in [1.54, 1.807) is 37.5 Å². The van der Waals surface area contributed by atoms with Gasteiger partial charge in [-0.05, 0) is 6.07 Å². The van der Waals surface area contributed by atoms with Crippen molar-refractivity contribution in [2.75, 3.05) is 31.0 Å². The molecule has 0 aliphatic heterocycles. The molecule has 0 saturated carbocycles. The number of rotatable bonds is 5. The molecule has 10 nitrogen and oxygen atoms in total. The highest BCUT2D eigenvalue weighted by Gasteiger charge is 2.13. The van der Waals surface area contributed by atoms with Gasteiger partial charge in [-0.3, -0.25) is 10.2 Å². The third kappa shape index (κ3) is 2.98. The molecule has 4 N–H and O–H groups in total. The van der Waals surface area contributed by atoms with Crippen LogP contribution in [0.25, 0.3) is 5.95 Å². The van der Waals surface area contributed by atoms with Crippen LogP contribution in [0, 0.1) is 0 Å². The highest BCUT2D eigenvalue weighted by atomic mass is 16.1. The van der Waals surface area contributed by atoms with Crippen molar-refractivity contribution in [3.05, 3.63) is 18.5 Å². The lowest BCUT2D eigenvalue weighted by Crippen LogP contribution is -2.34. The van der Waals surface area contributed by atoms with Gasteiger partial charge in [0.25, 0.3) is 5.95 Å². The molecule has 1 amide bonds. The number of nitrogens with zero attached hydrogens (tertiary/aromatic N) is 6. The van der Waals surface area contributed by atoms with E-state index in [2.05, 4.69) is 30.8 Å². The summed E-state index contributed by atoms with van der Waals surface area (Å²) < 4.78 is 1.47. The molecule has 0 saturated heterocycles. The molecule has 2 heterocycles. The normalized spacial score (nSPS) is 10.2. The predicted octanol–water partition coefficient (Wildman–Crippen LogP) is -1.47. The van der Waals surface area contributed by atoms with Crippen molar-refractivity contribution in [2.24, 2.45) is 5.84 Å². The van der Waals surface area contributed by atoms with E-state index in [0.29, 0.717) is 11.9 Å². The number of amides is 1. The molecule has 0 aromatic carbocycles. The van der Waals surface area contributed by atoms with Gasteiger partial charge in [0.2, 0.25) is 17.8 Å². The van der Waals surface area contributed by atoms with Crippen LogP contribution in [0.3, 0.4) is 0 Å². The quantitative estimate of drug-likeness (QED) is 0.446. The second kappa shape index (κ2) is 5.93. The van der Waals surface area contributed by atoms with Gasteiger partial charge in [0.1, 0.15) is 0 Å². The zero-order valence-corrected chi connectivity index (χ0v) is 11.1. The summed E-state index contributed by atoms with van der Waals surface area (Å²) in [6, 6.07) is 1.74. The topological polar surface area (TPSA) is 127 Å². The molecule has 2 aromatic rings. The van der Waals surface area contributed by atoms with Gasteiger partial charge in [0, 0.05) is 26.5 Å². The van der Waals surface area contributed by atoms with Crippen LogP contribution >= 0.6 is 0 Å². The molecule has 0 aliphatic rings. The van der Waals surface area contributed by atoms with E-state index in [0.717, 1.165) is 0 Å². The van der Waals surface area contributed by atoms with E-state index in [1.165, 1.54) is 4.68 Å². The van der Waals surface area contributed by atoms with Crippen molar-refractivity contribution in [3.63, 3.8) is 0 Å². The number of aromatic nitrogens is 5. The molecule has 0 fully saturated rings. The summed E-state index contributed by atoms with van der Waals surface area (Å²) in [5.74, 6) is 5.98. The first-order chi connectivity index (χ1) is 9.63. The Morgan fingerprint density at radius 3 is 2.85 bits per heavy atom. The number of hydrogen-bond acceptors (Lipinski definition) is 8. The number of nitrogens with two attached hydrogens (primary N) is 1. The first-order valence-electron chi connectivity index (χ1n) is 5.78. The zero-order chi connectivity index (χ0) is 14.5. The fourth-order valence-electron chi connectivity index (χ4n) is 1.44. The minimum absolute atomic E-state index is 0.114. The molecule has 10 heteroatoms. The van der Waals surface area contributed by atoms with E-state index in [9.17, 15) is 4.79 Å². The Bertz CT molecular complexity index is 582. The SMILES string of the molecule is CNC(=O)CN(C)c1nc(NN)nc(-n2cccn2)n1. The average molecular weight is 277 g/mol. The summed E-state index contributed by atoms with van der Waals surface area (Å²) >= 11 is 0. The minimum Gasteiger partial charge on any atom is -0.358 e. The van der Waals surface area contributed by atoms with Gasteiger partial charge in [-0.1, -0.05) is 0 Å². The number of nitrogen functional groups attached to an aromatic ring is 1. The lowest BCUT2D eigenvalue weighted by molar-refractivity contribution is -0.119. The van der Waals surface area contributed by atoms with E-state index < -0.39 is 0 Å². The Hall–Kier alpha value is -2.75. The number of carbonyl (C=O) groups is 1. The molecule has 20 heavy (non-hydrogen) atoms. The molecule has 0 atom stereocenters. The summed E-state index contributed by atoms with van der Waals surface area (Å²) in [4.78, 5) is 25.4. The Morgan fingerprint density at radius 1 is 1.45 bits per heavy atom. The third-order valence-electron chi connectivity index (χ3n) is 2.45. The number of hydrogen-bond donors (Lipinski definition) is 3. The van der Waals surface area contributed by atoms with Crippen molar-refractivity contribution in [1.82, 2.24) is 30.0 Å². The number of nitrogens with one attached hydrogen (secondary N) is 2. The largest absolute Gasteiger partial charge is 0.358 e. The molecule has 0 aliphatic carbocycles. The number of anilines is 2. The van der Waals surface area contributed by atoms with Gasteiger partial charge in [0.15, 0.2) is 0 Å². The predicted molar refractivity (Wildman–Crippen MR) is 72.1 cm³/mol. The maximum atomic E-state index is 11.4. The maximum absolute atomic E-state index is 11.4. The maximum Gasteiger partial charge on any atom is 0.257 e. The highest BCUT2D eigenvalue weighted by molar-refractivity contribution is 5.80. The van der Waals surface area contributed by atoms with E-state index >= 15 is 0 Å². The molecular formula is C10H15N9O. The molecule has 2 rings (SSSR count). The van der Waals surface area contributed by atoms with Crippen LogP contribution in [0.15, 0.2) is 18.5 Å². The van der Waals surface area contributed by atoms with Gasteiger partial charge in [-0.2, -0.15) is 20.1 Å². The van der Waals surface area contributed by atoms with Gasteiger partial charge >= 0.3 is 0 Å². The van der Waals surface area contributed by atoms with Crippen LogP contribution in [-0.2, 0) is 4.79 Å². The molecule has 106 valence electrons. The van der Waals surface area contributed by atoms with Crippen molar-refractivity contribution < 1.29 is 4.79 Å². The third-order valence-corrected chi connectivity index (χ3v) is 2.45. The van der Waals surface area contributed by atoms with Gasteiger partial charge in [-0.25, -0.2) is 10.5 Å². The van der Waals surface area contributed by atoms with Crippen LogP contribution in [0.5, 0.6) is 0 Å². The fourth-order valence-corrected chi connectivity index (χ4v) is 1.44. The lowest BCUT2D eigenvalue weighted by atomic mass is 10.5. The Balaban J connectivity index is 2.33. The smallest absolute Gasteiger partial charge is 0.257 e. The first-order valence-corrected chi connectivity index (χ1v) is 5.78. The van der Waals surface area contributed by atoms with Gasteiger partial charge in [-0.15, -0.1) is 0 Å². The molecule has 0 unspecified atom stereocenters. The van der Waals surface area contributed by atoms with Gasteiger partial charge < -0.3 is 10.2 Å². The Labute approximate surface area is 115 Å². The fraction of sp³-hybridized carbons (Fsp3) is 0.300. The summed E-state index contributed by atoms with van der Waals surface area (Å²) in [7, 11) is 3.25. The van der Waals surface area contributed by atoms with Crippen LogP contribution in [-0.4, -0.2) is 51.3 Å². The van der Waals surface area contributed by atoms with Crippen molar-refractivity contribution in [1.29, 1.82) is 0 Å². The molecule has 0 radical (unpaired) electrons. The molecule has 0 bridgehead atoms. The van der Waals surface area contributed by atoms with E-state index in [4.69, 9.17) is 5.84 Å². The van der Waals surface area contributed by atoms with Gasteiger partial charge in [0.05, 0.1) is 6.54 Å². The van der Waals surface area contributed by atoms with Crippen LogP contribution in [0.1, 0.15) is 0 Å². The number of carbonyl (C=O) groups excluding carboxylic acids is 1. The number of hydrazine groups is 1. The summed E-state index contributed by atoms with van der Waals surface area (Å²) in [6.07, 6.45) is 3.30. The van der Waals surface area contributed by atoms with Crippen LogP contribution < -0.4 is 21.5 Å². The Kier molecular flexibility index (Phi) is 4.05. The van der Waals surface area contributed by atoms with Crippen molar-refractivity contribution in [3.8, 4) is 5.95 Å². The average Bonchev–Trinajstić information content (AvgIpc) is 3.00. The van der Waals surface area contributed by atoms with E-state index in [-0.39, 0.29) is 18.4 Å². The molecular weight excluding hydrogens is 262 g/mol. The molecule has 0 spiro atoms. The second-order valence-electron chi connectivity index (χ2n) is 3.88. The number of likely N-dealkylation sites (N-methyl/N-ethyl adjacent to an activating group) is 2. The van der Waals surface area contributed by atoms with E-state index in [1.807, 2.05) is 0 Å². The second-order valence-corrected chi connectivity index (χ2v) is 3.88. The first kappa shape index (κ1) is 13.7. The highest BCUT2D eigenvalue weighted by Crippen LogP contribution is 2.10. The van der Waals surface area contributed by atoms with Crippen LogP contribution in [0.4, 0.5) is 11.9 Å². The summed E-state index contributed by atoms with van der Waals surface area (Å²) in [5.41, 5.74) is 2.36. The lowest BCUT2D eigenvalue weighted by Gasteiger charge is -2.16. The van der Waals surface area contributed by atoms with Crippen molar-refractivity contribution >= 4 is 17.8 Å². The summed E-state index contributed by atoms with van der Waals surface area (Å²) in [5, 5.41) is 6.56.